The summed E-state index contributed by atoms with van der Waals surface area (Å²) in [6.07, 6.45) is 5.90. The molecular formula is C29H32Cl4N4O4. The van der Waals surface area contributed by atoms with Gasteiger partial charge in [0.15, 0.2) is 0 Å². The van der Waals surface area contributed by atoms with Crippen LogP contribution >= 0.6 is 46.4 Å². The average Bonchev–Trinajstić information content (AvgIpc) is 3.34. The van der Waals surface area contributed by atoms with Gasteiger partial charge in [-0.05, 0) is 50.3 Å². The number of carbonyl (C=O) groups excluding carboxylic acids is 2. The van der Waals surface area contributed by atoms with Crippen molar-refractivity contribution in [2.75, 3.05) is 59.0 Å². The number of nitrogens with zero attached hydrogens (tertiary/aromatic N) is 4. The topological polar surface area (TPSA) is 65.6 Å². The van der Waals surface area contributed by atoms with Crippen LogP contribution in [-0.2, 0) is 19.1 Å². The molecule has 8 nitrogen and oxygen atoms in total. The van der Waals surface area contributed by atoms with Crippen LogP contribution in [0.5, 0.6) is 0 Å². The predicted octanol–water partition coefficient (Wildman–Crippen LogP) is 7.14. The number of allylic oxidation sites excluding steroid dienone is 2. The molecule has 0 aliphatic carbocycles. The third-order valence-electron chi connectivity index (χ3n) is 6.87. The second-order valence-corrected chi connectivity index (χ2v) is 11.0. The van der Waals surface area contributed by atoms with Crippen molar-refractivity contribution in [3.63, 3.8) is 0 Å². The standard InChI is InChI=1S/C29H32Cl4N4O4/c1-5-34-24-14-20(30)22(32)16-26(24)36(10-12-40-18(3)38)28(34)8-7-9-29-35(6-2)25-15-21(31)23(33)17-27(25)37(29)11-13-41-19(4)39/h7-9,14-17,28H,5-6,10-13H2,1-4H3/b8-7+,29-9+. The molecule has 41 heavy (non-hydrogen) atoms. The van der Waals surface area contributed by atoms with Crippen molar-refractivity contribution in [2.24, 2.45) is 0 Å². The molecule has 0 N–H and O–H groups in total. The van der Waals surface area contributed by atoms with E-state index >= 15 is 0 Å². The van der Waals surface area contributed by atoms with Gasteiger partial charge in [-0.2, -0.15) is 0 Å². The van der Waals surface area contributed by atoms with Crippen molar-refractivity contribution in [2.45, 2.75) is 33.9 Å². The Morgan fingerprint density at radius 3 is 1.73 bits per heavy atom. The second-order valence-electron chi connectivity index (χ2n) is 9.39. The van der Waals surface area contributed by atoms with E-state index in [4.69, 9.17) is 55.9 Å². The van der Waals surface area contributed by atoms with Crippen molar-refractivity contribution in [1.29, 1.82) is 0 Å². The van der Waals surface area contributed by atoms with Crippen molar-refractivity contribution >= 4 is 81.1 Å². The number of carbonyl (C=O) groups is 2. The first-order valence-corrected chi connectivity index (χ1v) is 14.8. The molecule has 2 aliphatic rings. The summed E-state index contributed by atoms with van der Waals surface area (Å²) >= 11 is 25.6. The number of likely N-dealkylation sites (N-methyl/N-ethyl adjacent to an activating group) is 1. The van der Waals surface area contributed by atoms with Gasteiger partial charge in [-0.25, -0.2) is 0 Å². The SMILES string of the molecule is CCN1/C(=C\C=C\C2N(CC)c3cc(Cl)c(Cl)cc3N2CCOC(C)=O)N(CCOC(C)=O)c2cc(Cl)c(Cl)cc21. The minimum Gasteiger partial charge on any atom is -0.464 e. The lowest BCUT2D eigenvalue weighted by Crippen LogP contribution is -2.43. The van der Waals surface area contributed by atoms with E-state index < -0.39 is 0 Å². The number of ether oxygens (including phenoxy) is 2. The normalized spacial score (nSPS) is 17.1. The molecule has 1 unspecified atom stereocenters. The number of rotatable bonds is 10. The van der Waals surface area contributed by atoms with Crippen LogP contribution in [0.4, 0.5) is 22.7 Å². The molecule has 0 radical (unpaired) electrons. The molecular weight excluding hydrogens is 610 g/mol. The Labute approximate surface area is 260 Å². The summed E-state index contributed by atoms with van der Waals surface area (Å²) in [4.78, 5) is 31.4. The van der Waals surface area contributed by atoms with E-state index in [0.717, 1.165) is 28.6 Å². The first-order chi connectivity index (χ1) is 19.6. The summed E-state index contributed by atoms with van der Waals surface area (Å²) in [5.74, 6) is 0.212. The molecule has 220 valence electrons. The lowest BCUT2D eigenvalue weighted by atomic mass is 10.2. The Kier molecular flexibility index (Phi) is 10.2. The molecule has 0 spiro atoms. The molecule has 2 aromatic rings. The Balaban J connectivity index is 1.70. The molecule has 2 aliphatic heterocycles. The van der Waals surface area contributed by atoms with Crippen LogP contribution in [-0.4, -0.2) is 57.5 Å². The minimum absolute atomic E-state index is 0.186. The zero-order valence-electron chi connectivity index (χ0n) is 23.3. The zero-order valence-corrected chi connectivity index (χ0v) is 26.3. The van der Waals surface area contributed by atoms with E-state index in [-0.39, 0.29) is 31.3 Å². The molecule has 0 bridgehead atoms. The predicted molar refractivity (Wildman–Crippen MR) is 168 cm³/mol. The van der Waals surface area contributed by atoms with Gasteiger partial charge in [0.05, 0.1) is 55.9 Å². The highest BCUT2D eigenvalue weighted by molar-refractivity contribution is 6.43. The van der Waals surface area contributed by atoms with Crippen molar-refractivity contribution in [3.8, 4) is 0 Å². The van der Waals surface area contributed by atoms with E-state index in [2.05, 4.69) is 39.5 Å². The maximum Gasteiger partial charge on any atom is 0.302 e. The van der Waals surface area contributed by atoms with E-state index in [1.165, 1.54) is 13.8 Å². The van der Waals surface area contributed by atoms with Gasteiger partial charge in [-0.15, -0.1) is 0 Å². The second kappa shape index (κ2) is 13.5. The van der Waals surface area contributed by atoms with Crippen molar-refractivity contribution in [3.05, 3.63) is 68.4 Å². The molecule has 0 amide bonds. The largest absolute Gasteiger partial charge is 0.464 e. The fourth-order valence-corrected chi connectivity index (χ4v) is 5.80. The lowest BCUT2D eigenvalue weighted by molar-refractivity contribution is -0.141. The number of halogens is 4. The van der Waals surface area contributed by atoms with E-state index in [1.807, 2.05) is 36.4 Å². The van der Waals surface area contributed by atoms with Crippen molar-refractivity contribution in [1.82, 2.24) is 0 Å². The fraction of sp³-hybridized carbons (Fsp3) is 0.379. The number of fused-ring (bicyclic) bond motifs is 2. The molecule has 0 saturated heterocycles. The summed E-state index contributed by atoms with van der Waals surface area (Å²) in [6, 6.07) is 7.39. The first kappa shape index (κ1) is 31.2. The van der Waals surface area contributed by atoms with Crippen LogP contribution < -0.4 is 19.6 Å². The molecule has 0 aromatic heterocycles. The van der Waals surface area contributed by atoms with Crippen LogP contribution in [0.1, 0.15) is 27.7 Å². The summed E-state index contributed by atoms with van der Waals surface area (Å²) in [5, 5.41) is 1.83. The van der Waals surface area contributed by atoms with E-state index in [0.29, 0.717) is 46.3 Å². The number of anilines is 4. The van der Waals surface area contributed by atoms with Gasteiger partial charge in [0.1, 0.15) is 25.2 Å². The molecule has 1 atom stereocenters. The van der Waals surface area contributed by atoms with E-state index in [9.17, 15) is 9.59 Å². The van der Waals surface area contributed by atoms with Gasteiger partial charge < -0.3 is 29.1 Å². The fourth-order valence-electron chi connectivity index (χ4n) is 5.16. The minimum atomic E-state index is -0.342. The lowest BCUT2D eigenvalue weighted by Gasteiger charge is -2.30. The molecule has 4 rings (SSSR count). The van der Waals surface area contributed by atoms with Crippen LogP contribution in [0, 0.1) is 0 Å². The highest BCUT2D eigenvalue weighted by atomic mass is 35.5. The average molecular weight is 642 g/mol. The monoisotopic (exact) mass is 640 g/mol. The van der Waals surface area contributed by atoms with Gasteiger partial charge in [0, 0.05) is 26.9 Å². The maximum atomic E-state index is 11.5. The van der Waals surface area contributed by atoms with Crippen LogP contribution in [0.25, 0.3) is 0 Å². The smallest absolute Gasteiger partial charge is 0.302 e. The molecule has 0 saturated carbocycles. The highest BCUT2D eigenvalue weighted by Crippen LogP contribution is 2.46. The van der Waals surface area contributed by atoms with Crippen LogP contribution in [0.3, 0.4) is 0 Å². The number of esters is 2. The van der Waals surface area contributed by atoms with Gasteiger partial charge in [0.25, 0.3) is 0 Å². The molecule has 2 heterocycles. The van der Waals surface area contributed by atoms with Gasteiger partial charge in [0.2, 0.25) is 0 Å². The summed E-state index contributed by atoms with van der Waals surface area (Å²) in [6.45, 7) is 9.61. The molecule has 2 aromatic carbocycles. The quantitative estimate of drug-likeness (QED) is 0.254. The third kappa shape index (κ3) is 6.67. The maximum absolute atomic E-state index is 11.5. The highest BCUT2D eigenvalue weighted by Gasteiger charge is 2.35. The zero-order chi connectivity index (χ0) is 29.8. The molecule has 0 fully saturated rings. The summed E-state index contributed by atoms with van der Waals surface area (Å²) < 4.78 is 10.5. The number of hydrogen-bond donors (Lipinski definition) is 0. The van der Waals surface area contributed by atoms with Crippen LogP contribution in [0.15, 0.2) is 48.3 Å². The van der Waals surface area contributed by atoms with E-state index in [1.54, 1.807) is 0 Å². The summed E-state index contributed by atoms with van der Waals surface area (Å²) in [5.41, 5.74) is 3.65. The van der Waals surface area contributed by atoms with Gasteiger partial charge in [-0.1, -0.05) is 52.5 Å². The van der Waals surface area contributed by atoms with Gasteiger partial charge in [-0.3, -0.25) is 9.59 Å². The Hall–Kier alpha value is -2.78. The third-order valence-corrected chi connectivity index (χ3v) is 8.31. The molecule has 12 heteroatoms. The van der Waals surface area contributed by atoms with Crippen LogP contribution in [0.2, 0.25) is 20.1 Å². The Bertz CT molecular complexity index is 1380. The summed E-state index contributed by atoms with van der Waals surface area (Å²) in [7, 11) is 0. The number of hydrogen-bond acceptors (Lipinski definition) is 8. The van der Waals surface area contributed by atoms with Crippen molar-refractivity contribution < 1.29 is 19.1 Å². The number of benzene rings is 2. The van der Waals surface area contributed by atoms with Gasteiger partial charge >= 0.3 is 11.9 Å². The Morgan fingerprint density at radius 1 is 0.732 bits per heavy atom. The first-order valence-electron chi connectivity index (χ1n) is 13.3. The Morgan fingerprint density at radius 2 is 1.22 bits per heavy atom.